The topological polar surface area (TPSA) is 109 Å². The van der Waals surface area contributed by atoms with Crippen LogP contribution in [0, 0.1) is 16.0 Å². The number of thiophene rings is 1. The molecular weight excluding hydrogens is 296 g/mol. The van der Waals surface area contributed by atoms with Gasteiger partial charge in [0.2, 0.25) is 0 Å². The molecular formula is C12H12N4O4S. The first-order valence-electron chi connectivity index (χ1n) is 6.43. The van der Waals surface area contributed by atoms with E-state index in [2.05, 4.69) is 9.97 Å². The van der Waals surface area contributed by atoms with Gasteiger partial charge in [0.05, 0.1) is 16.2 Å². The van der Waals surface area contributed by atoms with Gasteiger partial charge in [0.1, 0.15) is 17.0 Å². The highest BCUT2D eigenvalue weighted by molar-refractivity contribution is 7.21. The molecule has 21 heavy (non-hydrogen) atoms. The Morgan fingerprint density at radius 3 is 2.76 bits per heavy atom. The number of hydrogen-bond donors (Lipinski definition) is 1. The number of hydrogen-bond acceptors (Lipinski definition) is 7. The van der Waals surface area contributed by atoms with Gasteiger partial charge in [0.15, 0.2) is 0 Å². The first-order valence-corrected chi connectivity index (χ1v) is 7.24. The lowest BCUT2D eigenvalue weighted by atomic mass is 9.97. The molecule has 9 heteroatoms. The smallest absolute Gasteiger partial charge is 0.326 e. The maximum absolute atomic E-state index is 11.0. The fourth-order valence-electron chi connectivity index (χ4n) is 2.51. The van der Waals surface area contributed by atoms with Crippen molar-refractivity contribution in [1.29, 1.82) is 0 Å². The summed E-state index contributed by atoms with van der Waals surface area (Å²) in [6.07, 6.45) is 2.49. The van der Waals surface area contributed by atoms with Gasteiger partial charge in [0, 0.05) is 19.2 Å². The zero-order valence-electron chi connectivity index (χ0n) is 10.9. The van der Waals surface area contributed by atoms with Crippen LogP contribution in [0.15, 0.2) is 12.4 Å². The van der Waals surface area contributed by atoms with Crippen LogP contribution in [0.2, 0.25) is 0 Å². The van der Waals surface area contributed by atoms with Crippen LogP contribution in [0.25, 0.3) is 10.2 Å². The molecule has 1 saturated heterocycles. The van der Waals surface area contributed by atoms with Crippen LogP contribution in [0.5, 0.6) is 0 Å². The zero-order chi connectivity index (χ0) is 15.0. The number of aromatic nitrogens is 2. The lowest BCUT2D eigenvalue weighted by molar-refractivity contribution is -0.380. The minimum absolute atomic E-state index is 0.0344. The predicted octanol–water partition coefficient (Wildman–Crippen LogP) is 1.90. The Morgan fingerprint density at radius 1 is 1.43 bits per heavy atom. The molecule has 1 aliphatic rings. The van der Waals surface area contributed by atoms with E-state index < -0.39 is 10.9 Å². The molecule has 0 saturated carbocycles. The summed E-state index contributed by atoms with van der Waals surface area (Å²) < 4.78 is 0. The van der Waals surface area contributed by atoms with E-state index >= 15 is 0 Å². The third-order valence-corrected chi connectivity index (χ3v) is 4.61. The largest absolute Gasteiger partial charge is 0.481 e. The van der Waals surface area contributed by atoms with Crippen molar-refractivity contribution in [2.24, 2.45) is 5.92 Å². The highest BCUT2D eigenvalue weighted by atomic mass is 32.1. The molecule has 1 fully saturated rings. The molecule has 3 rings (SSSR count). The average molecular weight is 308 g/mol. The summed E-state index contributed by atoms with van der Waals surface area (Å²) in [4.78, 5) is 32.2. The molecule has 0 aliphatic carbocycles. The van der Waals surface area contributed by atoms with Crippen molar-refractivity contribution in [1.82, 2.24) is 9.97 Å². The van der Waals surface area contributed by atoms with Gasteiger partial charge in [-0.05, 0) is 24.2 Å². The van der Waals surface area contributed by atoms with Gasteiger partial charge >= 0.3 is 11.0 Å². The van der Waals surface area contributed by atoms with E-state index in [4.69, 9.17) is 5.11 Å². The lowest BCUT2D eigenvalue weighted by Gasteiger charge is -2.31. The van der Waals surface area contributed by atoms with E-state index in [1.165, 1.54) is 12.4 Å². The van der Waals surface area contributed by atoms with E-state index in [0.717, 1.165) is 11.3 Å². The molecule has 1 aliphatic heterocycles. The number of piperidine rings is 1. The number of anilines is 1. The first-order chi connectivity index (χ1) is 10.1. The highest BCUT2D eigenvalue weighted by Gasteiger charge is 2.27. The minimum Gasteiger partial charge on any atom is -0.481 e. The third-order valence-electron chi connectivity index (χ3n) is 3.62. The zero-order valence-corrected chi connectivity index (χ0v) is 11.7. The van der Waals surface area contributed by atoms with Crippen LogP contribution >= 0.6 is 11.3 Å². The summed E-state index contributed by atoms with van der Waals surface area (Å²) in [5, 5.41) is 20.6. The standard InChI is InChI=1S/C12H12N4O4S/c17-12(18)7-1-3-15(4-2-7)10-8-5-9(16(19)20)21-11(8)14-6-13-10/h5-7H,1-4H2,(H,17,18). The van der Waals surface area contributed by atoms with Crippen LogP contribution in [0.4, 0.5) is 10.8 Å². The van der Waals surface area contributed by atoms with E-state index in [1.807, 2.05) is 4.90 Å². The molecule has 0 aromatic carbocycles. The maximum atomic E-state index is 11.0. The van der Waals surface area contributed by atoms with Crippen LogP contribution in [-0.4, -0.2) is 39.1 Å². The van der Waals surface area contributed by atoms with Crippen LogP contribution in [0.3, 0.4) is 0 Å². The Morgan fingerprint density at radius 2 is 2.14 bits per heavy atom. The Balaban J connectivity index is 1.90. The Labute approximate surface area is 123 Å². The molecule has 2 aromatic heterocycles. The Bertz CT molecular complexity index is 708. The van der Waals surface area contributed by atoms with Crippen molar-refractivity contribution >= 4 is 38.3 Å². The fraction of sp³-hybridized carbons (Fsp3) is 0.417. The summed E-state index contributed by atoms with van der Waals surface area (Å²) in [6.45, 7) is 1.15. The van der Waals surface area contributed by atoms with E-state index in [-0.39, 0.29) is 10.9 Å². The Hall–Kier alpha value is -2.29. The van der Waals surface area contributed by atoms with Gasteiger partial charge in [-0.3, -0.25) is 14.9 Å². The van der Waals surface area contributed by atoms with Crippen molar-refractivity contribution < 1.29 is 14.8 Å². The average Bonchev–Trinajstić information content (AvgIpc) is 2.91. The second-order valence-electron chi connectivity index (χ2n) is 4.86. The molecule has 110 valence electrons. The van der Waals surface area contributed by atoms with Gasteiger partial charge in [-0.15, -0.1) is 0 Å². The van der Waals surface area contributed by atoms with E-state index in [1.54, 1.807) is 0 Å². The number of nitro groups is 1. The van der Waals surface area contributed by atoms with Crippen molar-refractivity contribution in [3.05, 3.63) is 22.5 Å². The summed E-state index contributed by atoms with van der Waals surface area (Å²) in [5.74, 6) is -0.447. The first kappa shape index (κ1) is 13.7. The van der Waals surface area contributed by atoms with Crippen molar-refractivity contribution in [2.45, 2.75) is 12.8 Å². The highest BCUT2D eigenvalue weighted by Crippen LogP contribution is 2.35. The second kappa shape index (κ2) is 5.24. The SMILES string of the molecule is O=C(O)C1CCN(c2ncnc3sc([N+](=O)[O-])cc23)CC1. The van der Waals surface area contributed by atoms with Crippen LogP contribution < -0.4 is 4.90 Å². The van der Waals surface area contributed by atoms with E-state index in [9.17, 15) is 14.9 Å². The maximum Gasteiger partial charge on any atom is 0.326 e. The summed E-state index contributed by atoms with van der Waals surface area (Å²) in [5.41, 5.74) is 0. The number of carbonyl (C=O) groups is 1. The summed E-state index contributed by atoms with van der Waals surface area (Å²) in [6, 6.07) is 1.48. The molecule has 2 aromatic rings. The summed E-state index contributed by atoms with van der Waals surface area (Å²) >= 11 is 1.02. The van der Waals surface area contributed by atoms with Crippen molar-refractivity contribution in [3.63, 3.8) is 0 Å². The van der Waals surface area contributed by atoms with Gasteiger partial charge in [-0.1, -0.05) is 0 Å². The van der Waals surface area contributed by atoms with Gasteiger partial charge in [-0.25, -0.2) is 9.97 Å². The van der Waals surface area contributed by atoms with Crippen LogP contribution in [0.1, 0.15) is 12.8 Å². The number of nitrogens with zero attached hydrogens (tertiary/aromatic N) is 4. The molecule has 0 atom stereocenters. The molecule has 0 amide bonds. The number of carboxylic acids is 1. The van der Waals surface area contributed by atoms with Gasteiger partial charge < -0.3 is 10.0 Å². The number of carboxylic acid groups (broad SMARTS) is 1. The van der Waals surface area contributed by atoms with E-state index in [0.29, 0.717) is 42.0 Å². The summed E-state index contributed by atoms with van der Waals surface area (Å²) in [7, 11) is 0. The number of rotatable bonds is 3. The third kappa shape index (κ3) is 2.51. The van der Waals surface area contributed by atoms with Crippen molar-refractivity contribution in [3.8, 4) is 0 Å². The van der Waals surface area contributed by atoms with Crippen LogP contribution in [-0.2, 0) is 4.79 Å². The Kier molecular flexibility index (Phi) is 3.42. The minimum atomic E-state index is -0.770. The van der Waals surface area contributed by atoms with Gasteiger partial charge in [0.25, 0.3) is 0 Å². The monoisotopic (exact) mass is 308 g/mol. The molecule has 1 N–H and O–H groups in total. The molecule has 3 heterocycles. The normalized spacial score (nSPS) is 16.3. The second-order valence-corrected chi connectivity index (χ2v) is 5.87. The predicted molar refractivity (Wildman–Crippen MR) is 76.6 cm³/mol. The van der Waals surface area contributed by atoms with Gasteiger partial charge in [-0.2, -0.15) is 0 Å². The molecule has 0 bridgehead atoms. The van der Waals surface area contributed by atoms with Crippen molar-refractivity contribution in [2.75, 3.05) is 18.0 Å². The molecule has 8 nitrogen and oxygen atoms in total. The number of fused-ring (bicyclic) bond motifs is 1. The lowest BCUT2D eigenvalue weighted by Crippen LogP contribution is -2.36. The quantitative estimate of drug-likeness (QED) is 0.681. The fourth-order valence-corrected chi connectivity index (χ4v) is 3.32. The molecule has 0 spiro atoms. The molecule has 0 unspecified atom stereocenters. The number of aliphatic carboxylic acids is 1. The molecule has 0 radical (unpaired) electrons.